The van der Waals surface area contributed by atoms with Gasteiger partial charge in [0, 0.05) is 18.3 Å². The van der Waals surface area contributed by atoms with Crippen LogP contribution in [0.25, 0.3) is 0 Å². The van der Waals surface area contributed by atoms with E-state index in [1.807, 2.05) is 38.4 Å². The Kier molecular flexibility index (Phi) is 5.46. The van der Waals surface area contributed by atoms with Gasteiger partial charge < -0.3 is 10.2 Å². The highest BCUT2D eigenvalue weighted by molar-refractivity contribution is 7.14. The smallest absolute Gasteiger partial charge is 0.283 e. The molecule has 1 aromatic heterocycles. The zero-order valence-electron chi connectivity index (χ0n) is 13.3. The van der Waals surface area contributed by atoms with Gasteiger partial charge in [0.25, 0.3) is 11.6 Å². The summed E-state index contributed by atoms with van der Waals surface area (Å²) in [6, 6.07) is 8.96. The van der Waals surface area contributed by atoms with E-state index in [2.05, 4.69) is 10.2 Å². The molecule has 0 aliphatic carbocycles. The van der Waals surface area contributed by atoms with Crippen LogP contribution in [0.4, 0.5) is 11.4 Å². The van der Waals surface area contributed by atoms with Crippen molar-refractivity contribution in [3.8, 4) is 0 Å². The molecule has 0 aliphatic rings. The first-order chi connectivity index (χ1) is 10.9. The van der Waals surface area contributed by atoms with Gasteiger partial charge in [0.2, 0.25) is 0 Å². The van der Waals surface area contributed by atoms with Crippen molar-refractivity contribution in [1.29, 1.82) is 0 Å². The first kappa shape index (κ1) is 17.1. The Bertz CT molecular complexity index is 708. The summed E-state index contributed by atoms with van der Waals surface area (Å²) in [5.41, 5.74) is 1.86. The molecule has 0 saturated carbocycles. The van der Waals surface area contributed by atoms with Gasteiger partial charge in [-0.1, -0.05) is 12.1 Å². The molecule has 0 fully saturated rings. The molecule has 1 aromatic carbocycles. The second-order valence-corrected chi connectivity index (χ2v) is 6.77. The topological polar surface area (TPSA) is 75.5 Å². The van der Waals surface area contributed by atoms with E-state index in [4.69, 9.17) is 0 Å². The molecular weight excluding hydrogens is 314 g/mol. The maximum atomic E-state index is 12.2. The van der Waals surface area contributed by atoms with Gasteiger partial charge in [-0.05, 0) is 45.1 Å². The summed E-state index contributed by atoms with van der Waals surface area (Å²) in [6.45, 7) is 2.60. The molecule has 0 saturated heterocycles. The van der Waals surface area contributed by atoms with Crippen LogP contribution in [0.2, 0.25) is 0 Å². The van der Waals surface area contributed by atoms with Crippen LogP contribution in [0, 0.1) is 17.0 Å². The first-order valence-corrected chi connectivity index (χ1v) is 7.98. The van der Waals surface area contributed by atoms with Gasteiger partial charge >= 0.3 is 0 Å². The molecule has 0 atom stereocenters. The number of benzene rings is 1. The Morgan fingerprint density at radius 1 is 1.30 bits per heavy atom. The third kappa shape index (κ3) is 4.61. The molecule has 0 unspecified atom stereocenters. The molecule has 6 nitrogen and oxygen atoms in total. The van der Waals surface area contributed by atoms with Gasteiger partial charge in [0.1, 0.15) is 0 Å². The van der Waals surface area contributed by atoms with Crippen LogP contribution < -0.4 is 5.32 Å². The van der Waals surface area contributed by atoms with E-state index in [-0.39, 0.29) is 11.6 Å². The number of carbonyl (C=O) groups excluding carboxylic acids is 1. The summed E-state index contributed by atoms with van der Waals surface area (Å²) in [7, 11) is 4.05. The van der Waals surface area contributed by atoms with E-state index in [0.29, 0.717) is 15.4 Å². The van der Waals surface area contributed by atoms with E-state index in [0.717, 1.165) is 24.3 Å². The number of thiophene rings is 1. The van der Waals surface area contributed by atoms with Gasteiger partial charge in [0.05, 0.1) is 14.7 Å². The van der Waals surface area contributed by atoms with Crippen LogP contribution in [0.3, 0.4) is 0 Å². The molecule has 2 aromatic rings. The van der Waals surface area contributed by atoms with Crippen LogP contribution in [0.1, 0.15) is 20.1 Å². The van der Waals surface area contributed by atoms with Gasteiger partial charge in [-0.15, -0.1) is 11.3 Å². The molecule has 0 radical (unpaired) electrons. The summed E-state index contributed by atoms with van der Waals surface area (Å²) in [4.78, 5) is 25.5. The van der Waals surface area contributed by atoms with Crippen LogP contribution in [-0.2, 0) is 6.42 Å². The van der Waals surface area contributed by atoms with Crippen molar-refractivity contribution in [2.45, 2.75) is 13.3 Å². The van der Waals surface area contributed by atoms with Crippen LogP contribution >= 0.6 is 11.3 Å². The Labute approximate surface area is 138 Å². The summed E-state index contributed by atoms with van der Waals surface area (Å²) >= 11 is 1.13. The largest absolute Gasteiger partial charge is 0.321 e. The predicted molar refractivity (Wildman–Crippen MR) is 92.4 cm³/mol. The summed E-state index contributed by atoms with van der Waals surface area (Å²) in [5.74, 6) is -0.327. The van der Waals surface area contributed by atoms with Gasteiger partial charge in [0.15, 0.2) is 0 Å². The maximum absolute atomic E-state index is 12.2. The number of carbonyl (C=O) groups is 1. The minimum Gasteiger partial charge on any atom is -0.321 e. The monoisotopic (exact) mass is 333 g/mol. The zero-order chi connectivity index (χ0) is 17.0. The van der Waals surface area contributed by atoms with Crippen molar-refractivity contribution in [3.05, 3.63) is 55.8 Å². The fourth-order valence-corrected chi connectivity index (χ4v) is 2.95. The molecule has 1 N–H and O–H groups in total. The van der Waals surface area contributed by atoms with Crippen LogP contribution in [0.15, 0.2) is 30.3 Å². The molecular formula is C16H19N3O3S. The van der Waals surface area contributed by atoms with Crippen molar-refractivity contribution in [2.75, 3.05) is 26.0 Å². The van der Waals surface area contributed by atoms with E-state index in [9.17, 15) is 14.9 Å². The average Bonchev–Trinajstić information content (AvgIpc) is 2.89. The summed E-state index contributed by atoms with van der Waals surface area (Å²) in [6.07, 6.45) is 0.942. The van der Waals surface area contributed by atoms with Crippen LogP contribution in [-0.4, -0.2) is 36.4 Å². The number of nitro groups is 1. The molecule has 0 spiro atoms. The van der Waals surface area contributed by atoms with E-state index >= 15 is 0 Å². The number of likely N-dealkylation sites (N-methyl/N-ethyl adjacent to an activating group) is 1. The van der Waals surface area contributed by atoms with Crippen molar-refractivity contribution in [2.24, 2.45) is 0 Å². The second-order valence-electron chi connectivity index (χ2n) is 5.51. The number of nitrogens with one attached hydrogen (secondary N) is 1. The Morgan fingerprint density at radius 3 is 2.48 bits per heavy atom. The second kappa shape index (κ2) is 7.34. The normalized spacial score (nSPS) is 10.8. The van der Waals surface area contributed by atoms with Gasteiger partial charge in [-0.2, -0.15) is 0 Å². The molecule has 1 heterocycles. The fraction of sp³-hybridized carbons (Fsp3) is 0.312. The molecule has 122 valence electrons. The number of amides is 1. The first-order valence-electron chi connectivity index (χ1n) is 7.16. The van der Waals surface area contributed by atoms with Gasteiger partial charge in [-0.25, -0.2) is 0 Å². The lowest BCUT2D eigenvalue weighted by Crippen LogP contribution is -2.15. The molecule has 0 aliphatic heterocycles. The highest BCUT2D eigenvalue weighted by Gasteiger charge is 2.19. The lowest BCUT2D eigenvalue weighted by molar-refractivity contribution is -0.385. The standard InChI is InChI=1S/C16H19N3O3S/c1-11-14(19(21)22)10-15(23-11)16(20)17-13-6-4-12(5-7-13)8-9-18(2)3/h4-7,10H,8-9H2,1-3H3,(H,17,20). The number of rotatable bonds is 6. The lowest BCUT2D eigenvalue weighted by Gasteiger charge is -2.09. The SMILES string of the molecule is Cc1sc(C(=O)Nc2ccc(CCN(C)C)cc2)cc1[N+](=O)[O-]. The number of aryl methyl sites for hydroxylation is 1. The van der Waals surface area contributed by atoms with Crippen molar-refractivity contribution in [1.82, 2.24) is 4.90 Å². The fourth-order valence-electron chi connectivity index (χ4n) is 2.07. The molecule has 1 amide bonds. The van der Waals surface area contributed by atoms with Gasteiger partial charge in [-0.3, -0.25) is 14.9 Å². The van der Waals surface area contributed by atoms with Crippen molar-refractivity contribution < 1.29 is 9.72 Å². The minimum atomic E-state index is -0.470. The summed E-state index contributed by atoms with van der Waals surface area (Å²) in [5, 5.41) is 13.6. The third-order valence-electron chi connectivity index (χ3n) is 3.37. The average molecular weight is 333 g/mol. The molecule has 7 heteroatoms. The van der Waals surface area contributed by atoms with Crippen molar-refractivity contribution in [3.63, 3.8) is 0 Å². The van der Waals surface area contributed by atoms with E-state index in [1.165, 1.54) is 11.6 Å². The highest BCUT2D eigenvalue weighted by Crippen LogP contribution is 2.28. The lowest BCUT2D eigenvalue weighted by atomic mass is 10.1. The number of hydrogen-bond donors (Lipinski definition) is 1. The van der Waals surface area contributed by atoms with Crippen LogP contribution in [0.5, 0.6) is 0 Å². The zero-order valence-corrected chi connectivity index (χ0v) is 14.1. The molecule has 23 heavy (non-hydrogen) atoms. The van der Waals surface area contributed by atoms with Crippen molar-refractivity contribution >= 4 is 28.6 Å². The molecule has 0 bridgehead atoms. The minimum absolute atomic E-state index is 0.0146. The Balaban J connectivity index is 2.02. The molecule has 2 rings (SSSR count). The number of hydrogen-bond acceptors (Lipinski definition) is 5. The highest BCUT2D eigenvalue weighted by atomic mass is 32.1. The third-order valence-corrected chi connectivity index (χ3v) is 4.41. The summed E-state index contributed by atoms with van der Waals surface area (Å²) < 4.78 is 0. The number of nitrogens with zero attached hydrogens (tertiary/aromatic N) is 2. The van der Waals surface area contributed by atoms with E-state index in [1.54, 1.807) is 6.92 Å². The maximum Gasteiger partial charge on any atom is 0.283 e. The Hall–Kier alpha value is -2.25. The quantitative estimate of drug-likeness (QED) is 0.650. The van der Waals surface area contributed by atoms with E-state index < -0.39 is 4.92 Å². The predicted octanol–water partition coefficient (Wildman–Crippen LogP) is 3.32. The number of anilines is 1. The Morgan fingerprint density at radius 2 is 1.96 bits per heavy atom.